The number of aryl methyl sites for hydroxylation is 3. The molecule has 0 spiro atoms. The maximum atomic E-state index is 12.1. The summed E-state index contributed by atoms with van der Waals surface area (Å²) in [6.45, 7) is 15.8. The molecule has 3 atom stereocenters. The molecule has 2 aromatic carbocycles. The minimum atomic E-state index is -4.67. The highest BCUT2D eigenvalue weighted by Crippen LogP contribution is 2.33. The number of rotatable bonds is 9. The average Bonchev–Trinajstić information content (AvgIpc) is 3.11. The van der Waals surface area contributed by atoms with Crippen molar-refractivity contribution < 1.29 is 42.7 Å². The Labute approximate surface area is 314 Å². The Balaban J connectivity index is 0.000000478. The predicted octanol–water partition coefficient (Wildman–Crippen LogP) is 5.11. The summed E-state index contributed by atoms with van der Waals surface area (Å²) in [5.41, 5.74) is 1.20. The van der Waals surface area contributed by atoms with Gasteiger partial charge in [0.25, 0.3) is 0 Å². The van der Waals surface area contributed by atoms with Crippen LogP contribution in [0.4, 0.5) is 13.2 Å². The van der Waals surface area contributed by atoms with E-state index in [2.05, 4.69) is 31.3 Å². The van der Waals surface area contributed by atoms with E-state index in [1.54, 1.807) is 23.2 Å². The summed E-state index contributed by atoms with van der Waals surface area (Å²) < 4.78 is 54.0. The first-order valence-corrected chi connectivity index (χ1v) is 18.4. The van der Waals surface area contributed by atoms with Gasteiger partial charge in [-0.05, 0) is 112 Å². The third-order valence-corrected chi connectivity index (χ3v) is 8.81. The number of phenols is 1. The lowest BCUT2D eigenvalue weighted by Crippen LogP contribution is -2.47. The number of H-pyrrole nitrogens is 1. The Morgan fingerprint density at radius 2 is 1.53 bits per heavy atom. The van der Waals surface area contributed by atoms with Crippen molar-refractivity contribution in [1.82, 2.24) is 10.3 Å². The van der Waals surface area contributed by atoms with Crippen molar-refractivity contribution >= 4 is 26.6 Å². The number of phenolic OH excluding ortho intramolecular Hbond substituents is 1. The number of aliphatic hydroxyl groups excluding tert-OH is 2. The van der Waals surface area contributed by atoms with E-state index in [4.69, 9.17) is 29.9 Å². The fourth-order valence-corrected chi connectivity index (χ4v) is 6.09. The topological polar surface area (TPSA) is 133 Å². The van der Waals surface area contributed by atoms with Gasteiger partial charge in [0, 0.05) is 12.6 Å². The van der Waals surface area contributed by atoms with E-state index in [9.17, 15) is 33.3 Å². The largest absolute Gasteiger partial charge is 0.508 e. The van der Waals surface area contributed by atoms with E-state index in [0.717, 1.165) is 72.9 Å². The molecule has 2 heterocycles. The van der Waals surface area contributed by atoms with Crippen LogP contribution in [-0.4, -0.2) is 86.2 Å². The Hall–Kier alpha value is -3.29. The Bertz CT molecular complexity index is 1590. The number of aromatic amines is 1. The molecule has 3 aromatic rings. The van der Waals surface area contributed by atoms with Gasteiger partial charge in [0.05, 0.1) is 18.8 Å². The van der Waals surface area contributed by atoms with Crippen molar-refractivity contribution in [3.8, 4) is 17.2 Å². The maximum Gasteiger partial charge on any atom is 0.430 e. The number of alkyl halides is 3. The lowest BCUT2D eigenvalue weighted by atomic mass is 9.87. The molecule has 5 rings (SSSR count). The van der Waals surface area contributed by atoms with Gasteiger partial charge in [0.15, 0.2) is 0 Å². The van der Waals surface area contributed by atoms with Gasteiger partial charge >= 0.3 is 6.18 Å². The standard InChI is InChI=1S/C29H41NO6.C6H2B2F3NO.2C2H6/c1-18-16-23(31)6-9-26(18)36-29-19(2)14-21(15-20(29)3)10-12-30-22-4-7-24(8-5-22)35-17-27-28(33)25(32)11-13-34-27;7-2-1-3(8)5(13)12-4(2)6(9,10)11;2*1-2/h6,9,14-16,22,24-25,27-28,30-33H,4-5,7-8,10-13,17H2,1-3H3;1H,(H,12,13);2*1-2H3. The highest BCUT2D eigenvalue weighted by molar-refractivity contribution is 6.38. The summed E-state index contributed by atoms with van der Waals surface area (Å²) in [6, 6.07) is 10.8. The molecule has 5 N–H and O–H groups in total. The molecule has 4 radical (unpaired) electrons. The van der Waals surface area contributed by atoms with E-state index < -0.39 is 41.2 Å². The van der Waals surface area contributed by atoms with Crippen LogP contribution in [0.3, 0.4) is 0 Å². The second-order valence-electron chi connectivity index (χ2n) is 12.8. The van der Waals surface area contributed by atoms with Crippen LogP contribution in [0.2, 0.25) is 0 Å². The number of benzene rings is 2. The molecule has 14 heteroatoms. The number of aromatic hydroxyl groups is 1. The van der Waals surface area contributed by atoms with Crippen LogP contribution >= 0.6 is 0 Å². The molecule has 1 saturated heterocycles. The van der Waals surface area contributed by atoms with Crippen molar-refractivity contribution in [1.29, 1.82) is 0 Å². The zero-order valence-electron chi connectivity index (χ0n) is 32.0. The molecule has 0 amide bonds. The van der Waals surface area contributed by atoms with Crippen LogP contribution in [0, 0.1) is 20.8 Å². The molecule has 1 aromatic heterocycles. The van der Waals surface area contributed by atoms with E-state index in [1.165, 1.54) is 5.56 Å². The summed E-state index contributed by atoms with van der Waals surface area (Å²) >= 11 is 0. The van der Waals surface area contributed by atoms with Crippen LogP contribution < -0.4 is 26.5 Å². The number of nitrogens with one attached hydrogen (secondary N) is 2. The fourth-order valence-electron chi connectivity index (χ4n) is 6.09. The normalized spacial score (nSPS) is 21.2. The molecule has 53 heavy (non-hydrogen) atoms. The number of hydrogen-bond acceptors (Lipinski definition) is 8. The highest BCUT2D eigenvalue weighted by Gasteiger charge is 2.34. The van der Waals surface area contributed by atoms with E-state index >= 15 is 0 Å². The van der Waals surface area contributed by atoms with Gasteiger partial charge in [-0.25, -0.2) is 0 Å². The smallest absolute Gasteiger partial charge is 0.430 e. The zero-order valence-corrected chi connectivity index (χ0v) is 32.0. The summed E-state index contributed by atoms with van der Waals surface area (Å²) in [5.74, 6) is 1.87. The molecule has 290 valence electrons. The van der Waals surface area contributed by atoms with E-state index in [0.29, 0.717) is 25.7 Å². The molecule has 1 saturated carbocycles. The lowest BCUT2D eigenvalue weighted by molar-refractivity contribution is -0.163. The first kappa shape index (κ1) is 45.9. The SMILES string of the molecule is CC.CC.Cc1cc(O)ccc1Oc1c(C)cc(CCNC2CCC(OCC3OCCC(O)C3O)CC2)cc1C.[B]c1cc([B])c(=O)[nH]c1C(F)(F)F. The first-order valence-electron chi connectivity index (χ1n) is 18.4. The third-order valence-electron chi connectivity index (χ3n) is 8.81. The minimum Gasteiger partial charge on any atom is -0.508 e. The van der Waals surface area contributed by atoms with Crippen molar-refractivity contribution in [2.24, 2.45) is 0 Å². The zero-order chi connectivity index (χ0) is 39.9. The Morgan fingerprint density at radius 1 is 0.906 bits per heavy atom. The summed E-state index contributed by atoms with van der Waals surface area (Å²) in [7, 11) is 10.0. The summed E-state index contributed by atoms with van der Waals surface area (Å²) in [6.07, 6.45) is -0.942. The Morgan fingerprint density at radius 3 is 2.11 bits per heavy atom. The average molecular weight is 742 g/mol. The van der Waals surface area contributed by atoms with Crippen molar-refractivity contribution in [3.63, 3.8) is 0 Å². The summed E-state index contributed by atoms with van der Waals surface area (Å²) in [4.78, 5) is 12.3. The molecule has 2 fully saturated rings. The van der Waals surface area contributed by atoms with E-state index in [1.807, 2.05) is 34.6 Å². The first-order chi connectivity index (χ1) is 25.1. The van der Waals surface area contributed by atoms with Crippen molar-refractivity contribution in [3.05, 3.63) is 74.7 Å². The van der Waals surface area contributed by atoms with Crippen LogP contribution in [0.1, 0.15) is 87.7 Å². The molecule has 1 aliphatic heterocycles. The maximum absolute atomic E-state index is 12.1. The van der Waals surface area contributed by atoms with Crippen molar-refractivity contribution in [2.45, 2.75) is 124 Å². The monoisotopic (exact) mass is 742 g/mol. The highest BCUT2D eigenvalue weighted by atomic mass is 19.4. The molecular formula is C39H55B2F3N2O7. The quantitative estimate of drug-likeness (QED) is 0.191. The molecule has 2 aliphatic rings. The summed E-state index contributed by atoms with van der Waals surface area (Å²) in [5, 5.41) is 33.2. The van der Waals surface area contributed by atoms with Gasteiger partial charge < -0.3 is 39.8 Å². The van der Waals surface area contributed by atoms with Crippen molar-refractivity contribution in [2.75, 3.05) is 19.8 Å². The van der Waals surface area contributed by atoms with Crippen LogP contribution in [-0.2, 0) is 22.1 Å². The Kier molecular flexibility index (Phi) is 19.2. The van der Waals surface area contributed by atoms with Gasteiger partial charge in [-0.1, -0.05) is 51.4 Å². The number of ether oxygens (including phenoxy) is 3. The second kappa shape index (κ2) is 22.2. The fraction of sp³-hybridized carbons (Fsp3) is 0.564. The number of hydrogen-bond donors (Lipinski definition) is 5. The number of pyridine rings is 1. The van der Waals surface area contributed by atoms with Gasteiger partial charge in [-0.15, -0.1) is 0 Å². The van der Waals surface area contributed by atoms with Gasteiger partial charge in [0.2, 0.25) is 5.56 Å². The van der Waals surface area contributed by atoms with Gasteiger partial charge in [-0.3, -0.25) is 4.79 Å². The lowest BCUT2D eigenvalue weighted by Gasteiger charge is -2.34. The number of aliphatic hydroxyl groups is 2. The number of halogens is 3. The van der Waals surface area contributed by atoms with Crippen LogP contribution in [0.5, 0.6) is 17.2 Å². The molecule has 9 nitrogen and oxygen atoms in total. The molecule has 1 aliphatic carbocycles. The predicted molar refractivity (Wildman–Crippen MR) is 204 cm³/mol. The molecule has 0 bridgehead atoms. The van der Waals surface area contributed by atoms with E-state index in [-0.39, 0.29) is 17.3 Å². The van der Waals surface area contributed by atoms with Gasteiger partial charge in [-0.2, -0.15) is 13.2 Å². The third kappa shape index (κ3) is 14.1. The minimum absolute atomic E-state index is 0.188. The number of aromatic nitrogens is 1. The molecule has 3 unspecified atom stereocenters. The molecular weight excluding hydrogens is 687 g/mol. The van der Waals surface area contributed by atoms with Gasteiger partial charge in [0.1, 0.15) is 50.8 Å². The van der Waals surface area contributed by atoms with Crippen LogP contribution in [0.15, 0.2) is 41.2 Å². The second-order valence-corrected chi connectivity index (χ2v) is 12.8. The van der Waals surface area contributed by atoms with Crippen LogP contribution in [0.25, 0.3) is 0 Å².